The molecule has 12 heteroatoms. The van der Waals surface area contributed by atoms with Gasteiger partial charge in [-0.15, -0.1) is 0 Å². The summed E-state index contributed by atoms with van der Waals surface area (Å²) in [7, 11) is 0. The number of benzene rings is 2. The molecule has 0 spiro atoms. The largest absolute Gasteiger partial charge is 0.478 e. The highest BCUT2D eigenvalue weighted by Crippen LogP contribution is 2.33. The van der Waals surface area contributed by atoms with E-state index in [1.54, 1.807) is 24.7 Å². The highest BCUT2D eigenvalue weighted by Gasteiger charge is 2.24. The Hall–Kier alpha value is -7.18. The highest BCUT2D eigenvalue weighted by atomic mass is 16.4. The SMILES string of the molecule is Cc1c(C(=O)O)c2ccncc2n1C(C)c1ccccc1.Cc1cc(C)c(CCC(=O)c2c(C)n(C(C)c3ccccc3)c3cnccc23)c(=O)[nH]1.Cc1cc(C)c(CN)c(=O)[nH]1. The summed E-state index contributed by atoms with van der Waals surface area (Å²) in [6.07, 6.45) is 7.62. The van der Waals surface area contributed by atoms with E-state index in [1.807, 2.05) is 119 Å². The van der Waals surface area contributed by atoms with Crippen LogP contribution < -0.4 is 16.9 Å². The number of aromatic amines is 2. The Morgan fingerprint density at radius 3 is 1.51 bits per heavy atom. The average Bonchev–Trinajstić information content (AvgIpc) is 3.73. The van der Waals surface area contributed by atoms with Gasteiger partial charge in [-0.05, 0) is 108 Å². The third kappa shape index (κ3) is 9.66. The molecule has 2 aromatic carbocycles. The number of nitrogens with zero attached hydrogens (tertiary/aromatic N) is 4. The van der Waals surface area contributed by atoms with E-state index in [4.69, 9.17) is 5.73 Å². The summed E-state index contributed by atoms with van der Waals surface area (Å²) in [6, 6.07) is 28.0. The molecule has 0 aliphatic carbocycles. The number of carbonyl (C=O) groups excluding carboxylic acids is 1. The molecule has 12 nitrogen and oxygen atoms in total. The summed E-state index contributed by atoms with van der Waals surface area (Å²) in [5.74, 6) is -0.852. The third-order valence-corrected chi connectivity index (χ3v) is 11.7. The number of carbonyl (C=O) groups is 2. The minimum atomic E-state index is -0.900. The summed E-state index contributed by atoms with van der Waals surface area (Å²) in [6.45, 7) is 15.9. The number of hydrogen-bond acceptors (Lipinski definition) is 7. The maximum Gasteiger partial charge on any atom is 0.338 e. The molecule has 0 aliphatic rings. The number of fused-ring (bicyclic) bond motifs is 2. The van der Waals surface area contributed by atoms with Crippen LogP contribution in [0, 0.1) is 41.5 Å². The van der Waals surface area contributed by atoms with Crippen LogP contribution in [0.4, 0.5) is 0 Å². The third-order valence-electron chi connectivity index (χ3n) is 11.7. The van der Waals surface area contributed by atoms with Crippen molar-refractivity contribution in [1.82, 2.24) is 29.1 Å². The van der Waals surface area contributed by atoms with Gasteiger partial charge in [-0.1, -0.05) is 60.7 Å². The van der Waals surface area contributed by atoms with E-state index in [9.17, 15) is 24.3 Å². The van der Waals surface area contributed by atoms with Crippen LogP contribution in [0.15, 0.2) is 119 Å². The molecule has 2 unspecified atom stereocenters. The van der Waals surface area contributed by atoms with Crippen LogP contribution in [-0.2, 0) is 13.0 Å². The molecule has 63 heavy (non-hydrogen) atoms. The number of aryl methyl sites for hydroxylation is 4. The van der Waals surface area contributed by atoms with Crippen molar-refractivity contribution in [3.63, 3.8) is 0 Å². The monoisotopic (exact) mass is 845 g/mol. The highest BCUT2D eigenvalue weighted by molar-refractivity contribution is 6.09. The van der Waals surface area contributed by atoms with E-state index in [0.717, 1.165) is 66.8 Å². The average molecular weight is 846 g/mol. The minimum absolute atomic E-state index is 0.0472. The molecule has 5 N–H and O–H groups in total. The van der Waals surface area contributed by atoms with Gasteiger partial charge >= 0.3 is 5.97 Å². The lowest BCUT2D eigenvalue weighted by molar-refractivity contribution is 0.0697. The fourth-order valence-electron chi connectivity index (χ4n) is 8.64. The van der Waals surface area contributed by atoms with Gasteiger partial charge in [0.05, 0.1) is 41.1 Å². The molecule has 2 atom stereocenters. The van der Waals surface area contributed by atoms with Crippen LogP contribution in [0.1, 0.15) is 109 Å². The number of pyridine rings is 4. The van der Waals surface area contributed by atoms with Gasteiger partial charge in [0.25, 0.3) is 11.1 Å². The summed E-state index contributed by atoms with van der Waals surface area (Å²) in [4.78, 5) is 62.5. The minimum Gasteiger partial charge on any atom is -0.478 e. The molecule has 8 aromatic rings. The number of ketones is 1. The van der Waals surface area contributed by atoms with Crippen molar-refractivity contribution in [3.05, 3.63) is 198 Å². The zero-order valence-corrected chi connectivity index (χ0v) is 37.1. The number of hydrogen-bond donors (Lipinski definition) is 4. The van der Waals surface area contributed by atoms with Gasteiger partial charge in [-0.25, -0.2) is 4.79 Å². The lowest BCUT2D eigenvalue weighted by atomic mass is 9.99. The maximum atomic E-state index is 13.4. The van der Waals surface area contributed by atoms with Crippen LogP contribution in [0.2, 0.25) is 0 Å². The number of aromatic nitrogens is 6. The zero-order chi connectivity index (χ0) is 45.5. The van der Waals surface area contributed by atoms with Crippen LogP contribution in [0.5, 0.6) is 0 Å². The molecule has 0 bridgehead atoms. The lowest BCUT2D eigenvalue weighted by Crippen LogP contribution is -2.18. The second kappa shape index (κ2) is 19.7. The Bertz CT molecular complexity index is 3030. The molecule has 0 amide bonds. The van der Waals surface area contributed by atoms with Crippen molar-refractivity contribution in [2.24, 2.45) is 5.73 Å². The normalized spacial score (nSPS) is 12.0. The fraction of sp³-hybridized carbons (Fsp3) is 0.255. The first-order valence-electron chi connectivity index (χ1n) is 21.0. The number of aromatic carboxylic acids is 1. The predicted molar refractivity (Wildman–Crippen MR) is 250 cm³/mol. The van der Waals surface area contributed by atoms with Gasteiger partial charge in [0.2, 0.25) is 0 Å². The van der Waals surface area contributed by atoms with Crippen molar-refractivity contribution < 1.29 is 14.7 Å². The van der Waals surface area contributed by atoms with Gasteiger partial charge < -0.3 is 29.9 Å². The Morgan fingerprint density at radius 1 is 0.651 bits per heavy atom. The molecule has 0 saturated heterocycles. The van der Waals surface area contributed by atoms with Gasteiger partial charge in [0, 0.05) is 75.6 Å². The Labute approximate surface area is 366 Å². The van der Waals surface area contributed by atoms with Gasteiger partial charge in [0.15, 0.2) is 5.78 Å². The van der Waals surface area contributed by atoms with Crippen molar-refractivity contribution >= 4 is 33.6 Å². The first-order chi connectivity index (χ1) is 30.1. The van der Waals surface area contributed by atoms with Gasteiger partial charge in [-0.2, -0.15) is 0 Å². The molecular formula is C51H55N7O5. The Morgan fingerprint density at radius 2 is 1.08 bits per heavy atom. The molecule has 8 rings (SSSR count). The number of rotatable bonds is 10. The van der Waals surface area contributed by atoms with Crippen molar-refractivity contribution in [2.45, 2.75) is 86.9 Å². The molecule has 0 radical (unpaired) electrons. The van der Waals surface area contributed by atoms with Gasteiger partial charge in [0.1, 0.15) is 0 Å². The summed E-state index contributed by atoms with van der Waals surface area (Å²) >= 11 is 0. The van der Waals surface area contributed by atoms with Crippen LogP contribution in [-0.4, -0.2) is 45.9 Å². The molecule has 324 valence electrons. The summed E-state index contributed by atoms with van der Waals surface area (Å²) < 4.78 is 4.23. The van der Waals surface area contributed by atoms with Crippen LogP contribution in [0.3, 0.4) is 0 Å². The van der Waals surface area contributed by atoms with E-state index in [2.05, 4.69) is 50.5 Å². The van der Waals surface area contributed by atoms with Crippen LogP contribution in [0.25, 0.3) is 21.8 Å². The molecule has 0 aliphatic heterocycles. The first kappa shape index (κ1) is 45.3. The van der Waals surface area contributed by atoms with E-state index in [1.165, 1.54) is 5.56 Å². The number of carboxylic acids is 1. The first-order valence-corrected chi connectivity index (χ1v) is 21.0. The van der Waals surface area contributed by atoms with E-state index >= 15 is 0 Å². The number of nitrogens with one attached hydrogen (secondary N) is 2. The topological polar surface area (TPSA) is 182 Å². The number of nitrogens with two attached hydrogens (primary N) is 1. The molecule has 6 heterocycles. The summed E-state index contributed by atoms with van der Waals surface area (Å²) in [5.41, 5.74) is 17.0. The lowest BCUT2D eigenvalue weighted by Gasteiger charge is -2.18. The maximum absolute atomic E-state index is 13.4. The number of carboxylic acid groups (broad SMARTS) is 1. The smallest absolute Gasteiger partial charge is 0.338 e. The quantitative estimate of drug-likeness (QED) is 0.0983. The van der Waals surface area contributed by atoms with Crippen molar-refractivity contribution in [2.75, 3.05) is 0 Å². The van der Waals surface area contributed by atoms with Crippen molar-refractivity contribution in [1.29, 1.82) is 0 Å². The standard InChI is InChI=1S/C26H27N3O2.C17H16N2O2.C8H12N2O/c1-16-14-17(2)28-26(31)21(16)10-11-24(30)25-19(4)29(23-15-27-13-12-22(23)25)18(3)20-8-6-5-7-9-20;1-11(13-6-4-3-5-7-13)19-12(2)16(17(20)21)14-8-9-18-10-15(14)19;1-5-3-6(2)10-8(11)7(5)4-9/h5-9,12-15,18H,10-11H2,1-4H3,(H,28,31);3-11H,1-2H3,(H,20,21);3H,4,9H2,1-2H3,(H,10,11). The molecule has 0 fully saturated rings. The second-order valence-electron chi connectivity index (χ2n) is 15.9. The van der Waals surface area contributed by atoms with E-state index < -0.39 is 5.97 Å². The van der Waals surface area contributed by atoms with E-state index in [0.29, 0.717) is 29.7 Å². The zero-order valence-electron chi connectivity index (χ0n) is 37.1. The summed E-state index contributed by atoms with van der Waals surface area (Å²) in [5, 5.41) is 11.1. The Kier molecular flexibility index (Phi) is 14.2. The predicted octanol–water partition coefficient (Wildman–Crippen LogP) is 9.18. The number of H-pyrrole nitrogens is 2. The molecule has 0 saturated carbocycles. The van der Waals surface area contributed by atoms with E-state index in [-0.39, 0.29) is 35.4 Å². The fourth-order valence-corrected chi connectivity index (χ4v) is 8.64. The van der Waals surface area contributed by atoms with Crippen molar-refractivity contribution in [3.8, 4) is 0 Å². The Balaban J connectivity index is 0.000000177. The second-order valence-corrected chi connectivity index (χ2v) is 15.9. The number of Topliss-reactive ketones (excluding diaryl/α,β-unsaturated/α-hetero) is 1. The molecule has 6 aromatic heterocycles. The molecular weight excluding hydrogens is 791 g/mol. The van der Waals surface area contributed by atoms with Crippen LogP contribution >= 0.6 is 0 Å². The van der Waals surface area contributed by atoms with Gasteiger partial charge in [-0.3, -0.25) is 24.4 Å².